The summed E-state index contributed by atoms with van der Waals surface area (Å²) in [6, 6.07) is 12.2. The maximum absolute atomic E-state index is 14.2. The minimum absolute atomic E-state index is 0.0324. The zero-order valence-corrected chi connectivity index (χ0v) is 45.0. The van der Waals surface area contributed by atoms with E-state index in [2.05, 4.69) is 50.1 Å². The van der Waals surface area contributed by atoms with Crippen LogP contribution in [0.3, 0.4) is 0 Å². The molecule has 2 aromatic carbocycles. The SMILES string of the molecule is CC[C@H]1O[C@@H](O[C@@H]2[C@@H](OC(C)=O)[C@H](N=[N+]=[N-])C[C@H](N=[N+]=[N-])[C@H]2O[C@H]2O[C@H]([C@H](CC)N(Cc3ccccc3)C(=O)OCc3ccccc3)CC[C@H]2N=[N+]=[N-])[C@H](OC(C)=O)[C@@H]1O[C@H]1O[C@@H](CN=[N+]=[N-])[C@@H](OC(C)=O)[C@H](OC(C)=O)[C@H]1N=[N+]=[N-]. The Morgan fingerprint density at radius 2 is 1.10 bits per heavy atom. The van der Waals surface area contributed by atoms with Crippen molar-refractivity contribution in [2.24, 2.45) is 25.6 Å². The molecule has 3 aliphatic heterocycles. The van der Waals surface area contributed by atoms with E-state index in [1.54, 1.807) is 11.8 Å². The van der Waals surface area contributed by atoms with E-state index < -0.39 is 147 Å². The van der Waals surface area contributed by atoms with Gasteiger partial charge in [-0.1, -0.05) is 100 Å². The van der Waals surface area contributed by atoms with Gasteiger partial charge in [-0.05, 0) is 70.9 Å². The first-order chi connectivity index (χ1) is 39.1. The van der Waals surface area contributed by atoms with E-state index in [-0.39, 0.29) is 38.8 Å². The molecule has 0 N–H and O–H groups in total. The minimum Gasteiger partial charge on any atom is -0.459 e. The number of azide groups is 5. The highest BCUT2D eigenvalue weighted by Gasteiger charge is 2.58. The van der Waals surface area contributed by atoms with Crippen LogP contribution in [0, 0.1) is 0 Å². The summed E-state index contributed by atoms with van der Waals surface area (Å²) in [4.78, 5) is 81.5. The van der Waals surface area contributed by atoms with Gasteiger partial charge < -0.3 is 52.1 Å². The summed E-state index contributed by atoms with van der Waals surface area (Å²) < 4.78 is 67.9. The Kier molecular flexibility index (Phi) is 23.4. The number of hydrogen-bond acceptors (Lipinski definition) is 21. The number of amides is 1. The molecular weight excluding hydrogens is 1070 g/mol. The lowest BCUT2D eigenvalue weighted by Gasteiger charge is -2.47. The van der Waals surface area contributed by atoms with Crippen molar-refractivity contribution in [3.05, 3.63) is 124 Å². The number of carbonyl (C=O) groups is 5. The van der Waals surface area contributed by atoms with Crippen molar-refractivity contribution < 1.29 is 76.1 Å². The Morgan fingerprint density at radius 1 is 0.568 bits per heavy atom. The number of ether oxygens (including phenoxy) is 11. The standard InChI is InChI=1S/C49H62N16O16/c1-7-34(65(23-29-15-11-9-12-16-29)49(70)71-24-30-17-13-10-14-18-30)36-20-19-31(56-61-51)46(77-36)79-40-33(58-63-53)21-32(57-62-52)39(72-25(3)66)44(40)81-48-45(75-28(6)69)41(35(8-2)76-48)80-47-38(59-64-54)43(74-27(5)68)42(73-26(4)67)37(78-47)22-55-60-50/h9-18,31-48H,7-8,19-24H2,1-6H3/t31-,32-,33+,34+,35-,36+,37+,38-,39+,40-,41-,42-,43-,44-,45-,46-,47-,48+/m1/s1. The van der Waals surface area contributed by atoms with Crippen molar-refractivity contribution >= 4 is 30.0 Å². The lowest BCUT2D eigenvalue weighted by molar-refractivity contribution is -0.294. The molecule has 0 aromatic heterocycles. The second kappa shape index (κ2) is 30.5. The smallest absolute Gasteiger partial charge is 0.410 e. The third-order valence-corrected chi connectivity index (χ3v) is 13.6. The van der Waals surface area contributed by atoms with Crippen LogP contribution in [0.5, 0.6) is 0 Å². The highest BCUT2D eigenvalue weighted by atomic mass is 16.8. The Morgan fingerprint density at radius 3 is 1.68 bits per heavy atom. The predicted octanol–water partition coefficient (Wildman–Crippen LogP) is 8.28. The van der Waals surface area contributed by atoms with Gasteiger partial charge in [0.2, 0.25) is 0 Å². The number of nitrogens with zero attached hydrogens (tertiary/aromatic N) is 16. The lowest BCUT2D eigenvalue weighted by Crippen LogP contribution is -2.62. The van der Waals surface area contributed by atoms with Crippen LogP contribution in [0.25, 0.3) is 52.2 Å². The van der Waals surface area contributed by atoms with Crippen molar-refractivity contribution in [2.75, 3.05) is 6.54 Å². The van der Waals surface area contributed by atoms with Crippen molar-refractivity contribution in [1.82, 2.24) is 4.90 Å². The number of hydrogen-bond donors (Lipinski definition) is 0. The summed E-state index contributed by atoms with van der Waals surface area (Å²) in [5.41, 5.74) is 50.3. The van der Waals surface area contributed by atoms with Crippen LogP contribution in [0.15, 0.2) is 86.2 Å². The number of esters is 4. The van der Waals surface area contributed by atoms with E-state index in [1.165, 1.54) is 0 Å². The molecule has 6 rings (SSSR count). The largest absolute Gasteiger partial charge is 0.459 e. The van der Waals surface area contributed by atoms with Gasteiger partial charge in [-0.3, -0.25) is 24.1 Å². The topological polar surface area (TPSA) is 434 Å². The molecule has 4 aliphatic rings. The highest BCUT2D eigenvalue weighted by Crippen LogP contribution is 2.41. The maximum Gasteiger partial charge on any atom is 0.410 e. The Hall–Kier alpha value is -8.10. The summed E-state index contributed by atoms with van der Waals surface area (Å²) in [5.74, 6) is -3.57. The molecule has 3 saturated heterocycles. The van der Waals surface area contributed by atoms with Gasteiger partial charge in [-0.25, -0.2) is 4.79 Å². The van der Waals surface area contributed by atoms with Crippen molar-refractivity contribution in [3.8, 4) is 0 Å². The minimum atomic E-state index is -1.76. The molecule has 0 spiro atoms. The monoisotopic (exact) mass is 1130 g/mol. The summed E-state index contributed by atoms with van der Waals surface area (Å²) >= 11 is 0. The fraction of sp³-hybridized carbons (Fsp3) is 0.653. The molecule has 1 saturated carbocycles. The number of benzene rings is 2. The van der Waals surface area contributed by atoms with Crippen LogP contribution in [-0.2, 0) is 84.4 Å². The molecule has 81 heavy (non-hydrogen) atoms. The molecule has 1 aliphatic carbocycles. The van der Waals surface area contributed by atoms with Gasteiger partial charge in [-0.2, -0.15) is 0 Å². The maximum atomic E-state index is 14.2. The first-order valence-corrected chi connectivity index (χ1v) is 25.9. The van der Waals surface area contributed by atoms with E-state index in [9.17, 15) is 51.6 Å². The molecule has 32 nitrogen and oxygen atoms in total. The summed E-state index contributed by atoms with van der Waals surface area (Å²) in [6.45, 7) is 7.29. The van der Waals surface area contributed by atoms with Crippen LogP contribution in [0.4, 0.5) is 4.79 Å². The van der Waals surface area contributed by atoms with Crippen LogP contribution < -0.4 is 0 Å². The zero-order valence-electron chi connectivity index (χ0n) is 45.0. The van der Waals surface area contributed by atoms with Crippen molar-refractivity contribution in [1.29, 1.82) is 0 Å². The van der Waals surface area contributed by atoms with E-state index >= 15 is 0 Å². The first kappa shape index (κ1) is 62.1. The molecule has 18 atom stereocenters. The van der Waals surface area contributed by atoms with Crippen LogP contribution in [0.2, 0.25) is 0 Å². The molecular formula is C49H62N16O16. The highest BCUT2D eigenvalue weighted by molar-refractivity contribution is 5.69. The van der Waals surface area contributed by atoms with Crippen molar-refractivity contribution in [3.63, 3.8) is 0 Å². The Balaban J connectivity index is 1.40. The third kappa shape index (κ3) is 16.5. The van der Waals surface area contributed by atoms with E-state index in [0.29, 0.717) is 6.42 Å². The average molecular weight is 1130 g/mol. The van der Waals surface area contributed by atoms with E-state index in [0.717, 1.165) is 38.8 Å². The number of rotatable bonds is 24. The Bertz CT molecular complexity index is 2740. The molecule has 32 heteroatoms. The molecule has 1 amide bonds. The fourth-order valence-electron chi connectivity index (χ4n) is 10.3. The van der Waals surface area contributed by atoms with Gasteiger partial charge in [0.15, 0.2) is 37.2 Å². The van der Waals surface area contributed by atoms with Crippen LogP contribution in [0.1, 0.15) is 84.8 Å². The second-order valence-electron chi connectivity index (χ2n) is 19.0. The van der Waals surface area contributed by atoms with Gasteiger partial charge >= 0.3 is 30.0 Å². The summed E-state index contributed by atoms with van der Waals surface area (Å²) in [5, 5.41) is 19.2. The molecule has 0 bridgehead atoms. The van der Waals surface area contributed by atoms with Gasteiger partial charge in [0.05, 0.1) is 49.0 Å². The number of carbonyl (C=O) groups excluding carboxylic acids is 5. The quantitative estimate of drug-likeness (QED) is 0.0313. The van der Waals surface area contributed by atoms with Gasteiger partial charge in [0.1, 0.15) is 37.1 Å². The molecule has 0 unspecified atom stereocenters. The normalized spacial score (nSPS) is 30.8. The van der Waals surface area contributed by atoms with E-state index in [4.69, 9.17) is 52.1 Å². The summed E-state index contributed by atoms with van der Waals surface area (Å²) in [6.07, 6.45) is -19.6. The first-order valence-electron chi connectivity index (χ1n) is 25.9. The molecule has 0 radical (unpaired) electrons. The third-order valence-electron chi connectivity index (χ3n) is 13.6. The predicted molar refractivity (Wildman–Crippen MR) is 275 cm³/mol. The fourth-order valence-corrected chi connectivity index (χ4v) is 10.3. The van der Waals surface area contributed by atoms with Gasteiger partial charge in [0, 0.05) is 58.8 Å². The van der Waals surface area contributed by atoms with Gasteiger partial charge in [0.25, 0.3) is 0 Å². The molecule has 434 valence electrons. The van der Waals surface area contributed by atoms with Crippen LogP contribution >= 0.6 is 0 Å². The second-order valence-corrected chi connectivity index (χ2v) is 19.0. The molecule has 4 fully saturated rings. The van der Waals surface area contributed by atoms with Crippen molar-refractivity contribution in [2.45, 2.75) is 197 Å². The lowest BCUT2D eigenvalue weighted by atomic mass is 9.83. The zero-order chi connectivity index (χ0) is 58.6. The molecule has 3 heterocycles. The van der Waals surface area contributed by atoms with E-state index in [1.807, 2.05) is 67.6 Å². The average Bonchev–Trinajstić information content (AvgIpc) is 3.90. The Labute approximate surface area is 462 Å². The molecule has 2 aromatic rings. The van der Waals surface area contributed by atoms with Gasteiger partial charge in [-0.15, -0.1) is 0 Å². The summed E-state index contributed by atoms with van der Waals surface area (Å²) in [7, 11) is 0. The van der Waals surface area contributed by atoms with Crippen LogP contribution in [-0.4, -0.2) is 152 Å².